The van der Waals surface area contributed by atoms with Gasteiger partial charge in [0.1, 0.15) is 0 Å². The Morgan fingerprint density at radius 3 is 2.95 bits per heavy atom. The van der Waals surface area contributed by atoms with Crippen molar-refractivity contribution >= 4 is 5.91 Å². The molecule has 2 rings (SSSR count). The van der Waals surface area contributed by atoms with Crippen LogP contribution in [0.4, 0.5) is 0 Å². The van der Waals surface area contributed by atoms with Gasteiger partial charge in [-0.1, -0.05) is 32.6 Å². The van der Waals surface area contributed by atoms with Crippen LogP contribution < -0.4 is 10.6 Å². The number of morpholine rings is 1. The van der Waals surface area contributed by atoms with Crippen LogP contribution in [0.5, 0.6) is 0 Å². The third-order valence-electron chi connectivity index (χ3n) is 4.56. The number of rotatable bonds is 5. The summed E-state index contributed by atoms with van der Waals surface area (Å²) in [7, 11) is 0. The lowest BCUT2D eigenvalue weighted by molar-refractivity contribution is -0.122. The molecule has 2 N–H and O–H groups in total. The first-order valence-corrected chi connectivity index (χ1v) is 7.83. The van der Waals surface area contributed by atoms with E-state index in [2.05, 4.69) is 17.6 Å². The van der Waals surface area contributed by atoms with Gasteiger partial charge in [0.25, 0.3) is 0 Å². The Kier molecular flexibility index (Phi) is 6.11. The number of hydrogen-bond donors (Lipinski definition) is 2. The molecule has 0 aromatic carbocycles. The zero-order valence-corrected chi connectivity index (χ0v) is 12.1. The third-order valence-corrected chi connectivity index (χ3v) is 4.56. The second-order valence-electron chi connectivity index (χ2n) is 6.09. The number of ether oxygens (including phenoxy) is 1. The summed E-state index contributed by atoms with van der Waals surface area (Å²) >= 11 is 0. The van der Waals surface area contributed by atoms with E-state index >= 15 is 0 Å². The molecule has 1 heterocycles. The molecule has 2 fully saturated rings. The quantitative estimate of drug-likeness (QED) is 0.798. The van der Waals surface area contributed by atoms with Gasteiger partial charge in [0.2, 0.25) is 5.91 Å². The van der Waals surface area contributed by atoms with Gasteiger partial charge in [0.05, 0.1) is 13.2 Å². The fraction of sp³-hybridized carbons (Fsp3) is 0.933. The number of carbonyl (C=O) groups excluding carboxylic acids is 1. The first-order chi connectivity index (χ1) is 9.25. The maximum Gasteiger partial charge on any atom is 0.221 e. The van der Waals surface area contributed by atoms with E-state index in [1.54, 1.807) is 0 Å². The lowest BCUT2D eigenvalue weighted by Gasteiger charge is -2.29. The Balaban J connectivity index is 1.58. The average molecular weight is 268 g/mol. The van der Waals surface area contributed by atoms with E-state index in [1.807, 2.05) is 0 Å². The minimum atomic E-state index is 0.159. The molecular weight excluding hydrogens is 240 g/mol. The lowest BCUT2D eigenvalue weighted by Crippen LogP contribution is -2.44. The molecule has 110 valence electrons. The summed E-state index contributed by atoms with van der Waals surface area (Å²) in [6, 6.07) is 0.197. The zero-order chi connectivity index (χ0) is 13.5. The summed E-state index contributed by atoms with van der Waals surface area (Å²) in [4.78, 5) is 11.8. The molecular formula is C15H28N2O2. The second-order valence-corrected chi connectivity index (χ2v) is 6.09. The molecule has 2 aliphatic rings. The zero-order valence-electron chi connectivity index (χ0n) is 12.1. The first kappa shape index (κ1) is 14.8. The molecule has 0 aromatic rings. The van der Waals surface area contributed by atoms with Crippen molar-refractivity contribution in [2.24, 2.45) is 11.8 Å². The highest BCUT2D eigenvalue weighted by atomic mass is 16.5. The standard InChI is InChI=1S/C15H28N2O2/c1-12-4-2-3-5-13(12)6-7-17-15(18)10-14-11-19-9-8-16-14/h12-14,16H,2-11H2,1H3,(H,17,18). The summed E-state index contributed by atoms with van der Waals surface area (Å²) in [5, 5.41) is 6.37. The molecule has 3 atom stereocenters. The smallest absolute Gasteiger partial charge is 0.221 e. The maximum atomic E-state index is 11.8. The fourth-order valence-corrected chi connectivity index (χ4v) is 3.27. The number of carbonyl (C=O) groups is 1. The van der Waals surface area contributed by atoms with Crippen LogP contribution in [0.3, 0.4) is 0 Å². The molecule has 1 saturated carbocycles. The monoisotopic (exact) mass is 268 g/mol. The van der Waals surface area contributed by atoms with Crippen LogP contribution in [-0.4, -0.2) is 38.3 Å². The third kappa shape index (κ3) is 5.11. The molecule has 4 nitrogen and oxygen atoms in total. The van der Waals surface area contributed by atoms with Gasteiger partial charge in [-0.25, -0.2) is 0 Å². The minimum Gasteiger partial charge on any atom is -0.378 e. The molecule has 1 amide bonds. The van der Waals surface area contributed by atoms with E-state index in [0.29, 0.717) is 13.0 Å². The Hall–Kier alpha value is -0.610. The van der Waals surface area contributed by atoms with Crippen molar-refractivity contribution in [2.75, 3.05) is 26.3 Å². The summed E-state index contributed by atoms with van der Waals surface area (Å²) in [5.41, 5.74) is 0. The van der Waals surface area contributed by atoms with Gasteiger partial charge in [-0.3, -0.25) is 4.79 Å². The molecule has 0 radical (unpaired) electrons. The average Bonchev–Trinajstić information content (AvgIpc) is 2.42. The van der Waals surface area contributed by atoms with Gasteiger partial charge in [-0.2, -0.15) is 0 Å². The first-order valence-electron chi connectivity index (χ1n) is 7.83. The summed E-state index contributed by atoms with van der Waals surface area (Å²) < 4.78 is 5.35. The van der Waals surface area contributed by atoms with E-state index in [-0.39, 0.29) is 11.9 Å². The van der Waals surface area contributed by atoms with E-state index in [0.717, 1.165) is 38.0 Å². The maximum absolute atomic E-state index is 11.8. The van der Waals surface area contributed by atoms with E-state index in [4.69, 9.17) is 4.74 Å². The van der Waals surface area contributed by atoms with Crippen LogP contribution >= 0.6 is 0 Å². The van der Waals surface area contributed by atoms with Crippen LogP contribution in [0.1, 0.15) is 45.4 Å². The largest absolute Gasteiger partial charge is 0.378 e. The molecule has 1 aliphatic carbocycles. The van der Waals surface area contributed by atoms with Crippen LogP contribution in [0, 0.1) is 11.8 Å². The van der Waals surface area contributed by atoms with Crippen LogP contribution in [-0.2, 0) is 9.53 Å². The Bertz CT molecular complexity index is 277. The lowest BCUT2D eigenvalue weighted by atomic mass is 9.79. The molecule has 0 bridgehead atoms. The predicted octanol–water partition coefficient (Wildman–Crippen LogP) is 1.70. The van der Waals surface area contributed by atoms with E-state index in [9.17, 15) is 4.79 Å². The van der Waals surface area contributed by atoms with Gasteiger partial charge >= 0.3 is 0 Å². The van der Waals surface area contributed by atoms with Crippen molar-refractivity contribution in [3.63, 3.8) is 0 Å². The highest BCUT2D eigenvalue weighted by Crippen LogP contribution is 2.31. The van der Waals surface area contributed by atoms with Crippen LogP contribution in [0.15, 0.2) is 0 Å². The van der Waals surface area contributed by atoms with Crippen LogP contribution in [0.25, 0.3) is 0 Å². The van der Waals surface area contributed by atoms with Crippen molar-refractivity contribution in [1.29, 1.82) is 0 Å². The molecule has 1 aliphatic heterocycles. The van der Waals surface area contributed by atoms with E-state index in [1.165, 1.54) is 25.7 Å². The van der Waals surface area contributed by atoms with Gasteiger partial charge in [0.15, 0.2) is 0 Å². The molecule has 4 heteroatoms. The Labute approximate surface area is 116 Å². The number of amides is 1. The van der Waals surface area contributed by atoms with Crippen molar-refractivity contribution in [2.45, 2.75) is 51.5 Å². The fourth-order valence-electron chi connectivity index (χ4n) is 3.27. The highest BCUT2D eigenvalue weighted by molar-refractivity contribution is 5.76. The van der Waals surface area contributed by atoms with Gasteiger partial charge in [-0.05, 0) is 18.3 Å². The SMILES string of the molecule is CC1CCCCC1CCNC(=O)CC1COCCN1. The Morgan fingerprint density at radius 1 is 1.37 bits per heavy atom. The Morgan fingerprint density at radius 2 is 2.21 bits per heavy atom. The van der Waals surface area contributed by atoms with Crippen molar-refractivity contribution < 1.29 is 9.53 Å². The molecule has 0 spiro atoms. The summed E-state index contributed by atoms with van der Waals surface area (Å²) in [5.74, 6) is 1.80. The van der Waals surface area contributed by atoms with Crippen molar-refractivity contribution in [3.05, 3.63) is 0 Å². The van der Waals surface area contributed by atoms with Gasteiger partial charge in [-0.15, -0.1) is 0 Å². The summed E-state index contributed by atoms with van der Waals surface area (Å²) in [6.45, 7) is 5.47. The van der Waals surface area contributed by atoms with Gasteiger partial charge < -0.3 is 15.4 Å². The van der Waals surface area contributed by atoms with E-state index < -0.39 is 0 Å². The minimum absolute atomic E-state index is 0.159. The second kappa shape index (κ2) is 7.85. The molecule has 1 saturated heterocycles. The summed E-state index contributed by atoms with van der Waals surface area (Å²) in [6.07, 6.45) is 7.14. The topological polar surface area (TPSA) is 50.4 Å². The number of nitrogens with one attached hydrogen (secondary N) is 2. The molecule has 3 unspecified atom stereocenters. The van der Waals surface area contributed by atoms with Crippen molar-refractivity contribution in [1.82, 2.24) is 10.6 Å². The normalized spacial score (nSPS) is 31.9. The number of hydrogen-bond acceptors (Lipinski definition) is 3. The predicted molar refractivity (Wildman–Crippen MR) is 76.0 cm³/mol. The van der Waals surface area contributed by atoms with Gasteiger partial charge in [0, 0.05) is 25.6 Å². The van der Waals surface area contributed by atoms with Crippen LogP contribution in [0.2, 0.25) is 0 Å². The highest BCUT2D eigenvalue weighted by Gasteiger charge is 2.21. The molecule has 19 heavy (non-hydrogen) atoms. The van der Waals surface area contributed by atoms with Crippen molar-refractivity contribution in [3.8, 4) is 0 Å². The molecule has 0 aromatic heterocycles.